The van der Waals surface area contributed by atoms with E-state index in [2.05, 4.69) is 6.92 Å². The van der Waals surface area contributed by atoms with Gasteiger partial charge in [-0.2, -0.15) is 0 Å². The van der Waals surface area contributed by atoms with Gasteiger partial charge in [0, 0.05) is 11.5 Å². The summed E-state index contributed by atoms with van der Waals surface area (Å²) >= 11 is 0. The van der Waals surface area contributed by atoms with Crippen LogP contribution >= 0.6 is 0 Å². The lowest BCUT2D eigenvalue weighted by Crippen LogP contribution is -2.62. The average Bonchev–Trinajstić information content (AvgIpc) is 3.63. The fourth-order valence-corrected chi connectivity index (χ4v) is 10.4. The summed E-state index contributed by atoms with van der Waals surface area (Å²) in [6, 6.07) is 0. The van der Waals surface area contributed by atoms with E-state index in [9.17, 15) is 45.3 Å². The molecule has 0 unspecified atom stereocenters. The SMILES string of the molecule is C[C@]12CC[C@H]3[C@@H](CCC4=C[C@@H](O[C@@H]5OC[C@@H](O[C@@H]6O[C@H](CO)[C@@H](O)[C@H](O)[C@H]6O)[C@H](O)[C@H]5O)CC[C@@]43C=O)[C@@]1(O)CC[C@@H]2C1=CC(=O)OC1. The Morgan fingerprint density at radius 3 is 2.40 bits per heavy atom. The Kier molecular flexibility index (Phi) is 9.19. The van der Waals surface area contributed by atoms with E-state index < -0.39 is 84.4 Å². The second kappa shape index (κ2) is 12.7. The van der Waals surface area contributed by atoms with E-state index in [1.54, 1.807) is 6.08 Å². The van der Waals surface area contributed by atoms with Crippen LogP contribution in [0.5, 0.6) is 0 Å². The minimum absolute atomic E-state index is 0.0399. The van der Waals surface area contributed by atoms with Gasteiger partial charge in [0.1, 0.15) is 55.6 Å². The predicted molar refractivity (Wildman–Crippen MR) is 161 cm³/mol. The van der Waals surface area contributed by atoms with Crippen LogP contribution in [0.15, 0.2) is 23.3 Å². The summed E-state index contributed by atoms with van der Waals surface area (Å²) in [5.74, 6) is -0.380. The van der Waals surface area contributed by atoms with Crippen molar-refractivity contribution in [3.05, 3.63) is 23.3 Å². The molecule has 7 N–H and O–H groups in total. The third-order valence-electron chi connectivity index (χ3n) is 13.1. The van der Waals surface area contributed by atoms with E-state index in [0.717, 1.165) is 36.7 Å². The van der Waals surface area contributed by atoms with E-state index in [1.165, 1.54) is 0 Å². The molecule has 48 heavy (non-hydrogen) atoms. The van der Waals surface area contributed by atoms with Crippen molar-refractivity contribution in [1.29, 1.82) is 0 Å². The molecule has 16 atom stereocenters. The second-order valence-electron chi connectivity index (χ2n) is 15.2. The average molecular weight is 681 g/mol. The zero-order valence-corrected chi connectivity index (χ0v) is 27.0. The lowest BCUT2D eigenvalue weighted by Gasteiger charge is -2.61. The molecule has 0 spiro atoms. The number of esters is 1. The molecular formula is C34H48O14. The highest BCUT2D eigenvalue weighted by Gasteiger charge is 2.68. The van der Waals surface area contributed by atoms with Crippen LogP contribution in [0.3, 0.4) is 0 Å². The summed E-state index contributed by atoms with van der Waals surface area (Å²) in [6.07, 6.45) is -3.81. The molecule has 5 fully saturated rings. The summed E-state index contributed by atoms with van der Waals surface area (Å²) in [5, 5.41) is 74.0. The molecule has 0 aromatic carbocycles. The molecule has 7 aliphatic rings. The van der Waals surface area contributed by atoms with Gasteiger partial charge in [-0.05, 0) is 74.7 Å². The number of carbonyl (C=O) groups excluding carboxylic acids is 2. The third kappa shape index (κ3) is 5.26. The standard InChI is InChI=1S/C34H48O14/c1-32-7-5-20-21(34(32,43)9-6-19(32)16-10-24(37)44-13-16)3-2-17-11-18(4-8-33(17,20)15-36)46-30-28(41)26(39)23(14-45-30)48-31-29(42)27(40)25(38)22(12-35)47-31/h10-11,15,18-23,25-31,35,38-43H,2-9,12-14H2,1H3/t18-,19+,20-,21+,22+,23+,25+,26-,27-,28+,29+,30-,31-,32+,33+,34-/m0/s1. The highest BCUT2D eigenvalue weighted by molar-refractivity contribution is 5.85. The normalized spacial score (nSPS) is 52.0. The van der Waals surface area contributed by atoms with Gasteiger partial charge in [-0.15, -0.1) is 0 Å². The molecule has 0 radical (unpaired) electrons. The molecule has 0 bridgehead atoms. The van der Waals surface area contributed by atoms with Crippen LogP contribution in [0.25, 0.3) is 0 Å². The molecule has 7 rings (SSSR count). The fourth-order valence-electron chi connectivity index (χ4n) is 10.4. The summed E-state index contributed by atoms with van der Waals surface area (Å²) in [7, 11) is 0. The Bertz CT molecular complexity index is 1320. The van der Waals surface area contributed by atoms with Gasteiger partial charge in [-0.3, -0.25) is 0 Å². The number of fused-ring (bicyclic) bond motifs is 5. The first kappa shape index (κ1) is 34.6. The van der Waals surface area contributed by atoms with Crippen molar-refractivity contribution in [1.82, 2.24) is 0 Å². The zero-order valence-electron chi connectivity index (χ0n) is 27.0. The second-order valence-corrected chi connectivity index (χ2v) is 15.2. The Balaban J connectivity index is 1.01. The van der Waals surface area contributed by atoms with Crippen molar-refractivity contribution in [3.8, 4) is 0 Å². The number of hydrogen-bond donors (Lipinski definition) is 7. The highest BCUT2D eigenvalue weighted by Crippen LogP contribution is 2.69. The molecule has 4 aliphatic carbocycles. The number of ether oxygens (including phenoxy) is 5. The van der Waals surface area contributed by atoms with Gasteiger partial charge < -0.3 is 64.2 Å². The number of aliphatic hydroxyl groups excluding tert-OH is 6. The first-order valence-corrected chi connectivity index (χ1v) is 17.2. The molecule has 2 saturated heterocycles. The van der Waals surface area contributed by atoms with Crippen LogP contribution in [0.2, 0.25) is 0 Å². The molecule has 268 valence electrons. The molecule has 14 nitrogen and oxygen atoms in total. The lowest BCUT2D eigenvalue weighted by atomic mass is 9.45. The minimum atomic E-state index is -1.68. The van der Waals surface area contributed by atoms with E-state index >= 15 is 0 Å². The van der Waals surface area contributed by atoms with Gasteiger partial charge in [0.2, 0.25) is 0 Å². The van der Waals surface area contributed by atoms with Crippen LogP contribution in [0, 0.1) is 28.6 Å². The fraction of sp³-hybridized carbons (Fsp3) is 0.824. The van der Waals surface area contributed by atoms with Gasteiger partial charge >= 0.3 is 5.97 Å². The van der Waals surface area contributed by atoms with Crippen molar-refractivity contribution < 1.29 is 69.0 Å². The van der Waals surface area contributed by atoms with Crippen LogP contribution in [0.1, 0.15) is 58.3 Å². The minimum Gasteiger partial charge on any atom is -0.458 e. The smallest absolute Gasteiger partial charge is 0.331 e. The first-order chi connectivity index (χ1) is 22.9. The number of carbonyl (C=O) groups is 2. The van der Waals surface area contributed by atoms with Crippen molar-refractivity contribution in [2.24, 2.45) is 28.6 Å². The summed E-state index contributed by atoms with van der Waals surface area (Å²) in [5.41, 5.74) is -0.200. The van der Waals surface area contributed by atoms with E-state index in [1.807, 2.05) is 6.08 Å². The summed E-state index contributed by atoms with van der Waals surface area (Å²) in [4.78, 5) is 24.9. The quantitative estimate of drug-likeness (QED) is 0.0974. The number of cyclic esters (lactones) is 1. The monoisotopic (exact) mass is 680 g/mol. The maximum absolute atomic E-state index is 13.0. The third-order valence-corrected chi connectivity index (χ3v) is 13.1. The van der Waals surface area contributed by atoms with E-state index in [4.69, 9.17) is 23.7 Å². The molecule has 0 aromatic rings. The number of hydrogen-bond acceptors (Lipinski definition) is 14. The van der Waals surface area contributed by atoms with Crippen molar-refractivity contribution in [2.75, 3.05) is 19.8 Å². The van der Waals surface area contributed by atoms with Crippen LogP contribution in [-0.2, 0) is 33.3 Å². The Hall–Kier alpha value is -1.82. The largest absolute Gasteiger partial charge is 0.458 e. The van der Waals surface area contributed by atoms with E-state index in [0.29, 0.717) is 32.1 Å². The Morgan fingerprint density at radius 2 is 1.69 bits per heavy atom. The lowest BCUT2D eigenvalue weighted by molar-refractivity contribution is -0.345. The van der Waals surface area contributed by atoms with Gasteiger partial charge in [0.15, 0.2) is 12.6 Å². The number of allylic oxidation sites excluding steroid dienone is 1. The van der Waals surface area contributed by atoms with Crippen LogP contribution < -0.4 is 0 Å². The van der Waals surface area contributed by atoms with Crippen molar-refractivity contribution in [3.63, 3.8) is 0 Å². The summed E-state index contributed by atoms with van der Waals surface area (Å²) < 4.78 is 28.1. The van der Waals surface area contributed by atoms with E-state index in [-0.39, 0.29) is 36.9 Å². The predicted octanol–water partition coefficient (Wildman–Crippen LogP) is -1.01. The topological polar surface area (TPSA) is 222 Å². The first-order valence-electron chi connectivity index (χ1n) is 17.2. The van der Waals surface area contributed by atoms with Gasteiger partial charge in [0.05, 0.1) is 30.3 Å². The van der Waals surface area contributed by atoms with Crippen molar-refractivity contribution >= 4 is 12.3 Å². The van der Waals surface area contributed by atoms with Gasteiger partial charge in [-0.25, -0.2) is 4.79 Å². The maximum Gasteiger partial charge on any atom is 0.331 e. The molecule has 3 heterocycles. The van der Waals surface area contributed by atoms with Crippen LogP contribution in [-0.4, -0.2) is 135 Å². The number of rotatable bonds is 7. The molecule has 0 amide bonds. The molecule has 0 aromatic heterocycles. The molecule has 14 heteroatoms. The van der Waals surface area contributed by atoms with Gasteiger partial charge in [0.25, 0.3) is 0 Å². The number of aliphatic hydroxyl groups is 7. The molecule has 3 saturated carbocycles. The van der Waals surface area contributed by atoms with Gasteiger partial charge in [-0.1, -0.05) is 18.6 Å². The molecular weight excluding hydrogens is 632 g/mol. The van der Waals surface area contributed by atoms with Crippen molar-refractivity contribution in [2.45, 2.75) is 125 Å². The maximum atomic E-state index is 13.0. The number of aldehydes is 1. The molecule has 3 aliphatic heterocycles. The summed E-state index contributed by atoms with van der Waals surface area (Å²) in [6.45, 7) is 1.52. The Labute approximate surface area is 278 Å². The zero-order chi connectivity index (χ0) is 34.2. The van der Waals surface area contributed by atoms with Crippen LogP contribution in [0.4, 0.5) is 0 Å². The Morgan fingerprint density at radius 1 is 0.917 bits per heavy atom. The highest BCUT2D eigenvalue weighted by atomic mass is 16.7.